The summed E-state index contributed by atoms with van der Waals surface area (Å²) < 4.78 is 5.18. The summed E-state index contributed by atoms with van der Waals surface area (Å²) in [5.74, 6) is 1.28. The minimum Gasteiger partial charge on any atom is -0.497 e. The first-order valence-corrected chi connectivity index (χ1v) is 8.65. The molecule has 2 heterocycles. The molecule has 0 bridgehead atoms. The fourth-order valence-corrected chi connectivity index (χ4v) is 3.77. The number of hydrogen-bond acceptors (Lipinski definition) is 5. The summed E-state index contributed by atoms with van der Waals surface area (Å²) in [6, 6.07) is 7.56. The number of carbonyl (C=O) groups is 1. The summed E-state index contributed by atoms with van der Waals surface area (Å²) in [7, 11) is 1.62. The number of benzene rings is 1. The fourth-order valence-electron chi connectivity index (χ4n) is 2.77. The highest BCUT2D eigenvalue weighted by molar-refractivity contribution is 7.15. The number of ether oxygens (including phenoxy) is 1. The van der Waals surface area contributed by atoms with Gasteiger partial charge < -0.3 is 15.4 Å². The van der Waals surface area contributed by atoms with E-state index in [1.54, 1.807) is 18.4 Å². The monoisotopic (exact) mass is 331 g/mol. The van der Waals surface area contributed by atoms with Crippen LogP contribution in [0.15, 0.2) is 30.5 Å². The van der Waals surface area contributed by atoms with Crippen LogP contribution < -0.4 is 15.4 Å². The molecule has 6 heteroatoms. The van der Waals surface area contributed by atoms with Crippen LogP contribution in [0.5, 0.6) is 5.75 Å². The lowest BCUT2D eigenvalue weighted by Gasteiger charge is -2.20. The Morgan fingerprint density at radius 3 is 3.04 bits per heavy atom. The molecule has 1 fully saturated rings. The van der Waals surface area contributed by atoms with E-state index in [2.05, 4.69) is 15.6 Å². The molecule has 0 unspecified atom stereocenters. The van der Waals surface area contributed by atoms with Crippen molar-refractivity contribution < 1.29 is 9.53 Å². The van der Waals surface area contributed by atoms with Gasteiger partial charge in [-0.15, -0.1) is 11.3 Å². The van der Waals surface area contributed by atoms with Crippen LogP contribution in [0.4, 0.5) is 5.13 Å². The number of methoxy groups -OCH3 is 1. The van der Waals surface area contributed by atoms with Crippen molar-refractivity contribution in [3.05, 3.63) is 40.9 Å². The summed E-state index contributed by atoms with van der Waals surface area (Å²) in [6.45, 7) is 2.11. The molecule has 0 spiro atoms. The SMILES string of the molecule is COc1cccc(CC(=O)Nc2ncc(C3CCNCC3)s2)c1. The highest BCUT2D eigenvalue weighted by Crippen LogP contribution is 2.31. The Hall–Kier alpha value is -1.92. The Bertz CT molecular complexity index is 665. The maximum Gasteiger partial charge on any atom is 0.230 e. The van der Waals surface area contributed by atoms with Gasteiger partial charge in [0.25, 0.3) is 0 Å². The highest BCUT2D eigenvalue weighted by atomic mass is 32.1. The van der Waals surface area contributed by atoms with E-state index in [4.69, 9.17) is 4.74 Å². The lowest BCUT2D eigenvalue weighted by molar-refractivity contribution is -0.115. The summed E-state index contributed by atoms with van der Waals surface area (Å²) in [4.78, 5) is 17.8. The van der Waals surface area contributed by atoms with Gasteiger partial charge in [0, 0.05) is 11.1 Å². The zero-order chi connectivity index (χ0) is 16.1. The van der Waals surface area contributed by atoms with Crippen LogP contribution in [0, 0.1) is 0 Å². The topological polar surface area (TPSA) is 63.2 Å². The van der Waals surface area contributed by atoms with Crippen molar-refractivity contribution in [3.63, 3.8) is 0 Å². The molecular formula is C17H21N3O2S. The van der Waals surface area contributed by atoms with E-state index in [0.717, 1.165) is 37.2 Å². The molecule has 3 rings (SSSR count). The second-order valence-electron chi connectivity index (χ2n) is 5.67. The highest BCUT2D eigenvalue weighted by Gasteiger charge is 2.18. The number of amides is 1. The standard InChI is InChI=1S/C17H21N3O2S/c1-22-14-4-2-3-12(9-14)10-16(21)20-17-19-11-15(23-17)13-5-7-18-8-6-13/h2-4,9,11,13,18H,5-8,10H2,1H3,(H,19,20,21). The molecule has 2 aromatic rings. The van der Waals surface area contributed by atoms with Gasteiger partial charge in [-0.05, 0) is 49.5 Å². The van der Waals surface area contributed by atoms with E-state index >= 15 is 0 Å². The normalized spacial score (nSPS) is 15.3. The third-order valence-electron chi connectivity index (χ3n) is 4.01. The van der Waals surface area contributed by atoms with Crippen LogP contribution in [0.2, 0.25) is 0 Å². The summed E-state index contributed by atoms with van der Waals surface area (Å²) in [5.41, 5.74) is 0.928. The molecule has 1 aromatic carbocycles. The van der Waals surface area contributed by atoms with Crippen LogP contribution in [0.25, 0.3) is 0 Å². The Labute approximate surface area is 140 Å². The van der Waals surface area contributed by atoms with Gasteiger partial charge in [-0.25, -0.2) is 4.98 Å². The zero-order valence-corrected chi connectivity index (χ0v) is 14.0. The van der Waals surface area contributed by atoms with Gasteiger partial charge >= 0.3 is 0 Å². The summed E-state index contributed by atoms with van der Waals surface area (Å²) in [6.07, 6.45) is 4.50. The third kappa shape index (κ3) is 4.30. The van der Waals surface area contributed by atoms with Crippen LogP contribution >= 0.6 is 11.3 Å². The van der Waals surface area contributed by atoms with E-state index in [1.807, 2.05) is 30.5 Å². The molecular weight excluding hydrogens is 310 g/mol. The first-order valence-electron chi connectivity index (χ1n) is 7.84. The predicted octanol–water partition coefficient (Wildman–Crippen LogP) is 2.80. The molecule has 23 heavy (non-hydrogen) atoms. The summed E-state index contributed by atoms with van der Waals surface area (Å²) in [5, 5.41) is 6.95. The van der Waals surface area contributed by atoms with Crippen LogP contribution in [0.1, 0.15) is 29.2 Å². The Kier molecular flexibility index (Phi) is 5.25. The van der Waals surface area contributed by atoms with Crippen molar-refractivity contribution in [3.8, 4) is 5.75 Å². The van der Waals surface area contributed by atoms with Crippen molar-refractivity contribution in [1.82, 2.24) is 10.3 Å². The molecule has 5 nitrogen and oxygen atoms in total. The molecule has 122 valence electrons. The Balaban J connectivity index is 1.58. The van der Waals surface area contributed by atoms with Gasteiger partial charge in [0.1, 0.15) is 5.75 Å². The van der Waals surface area contributed by atoms with Crippen LogP contribution in [0.3, 0.4) is 0 Å². The number of anilines is 1. The maximum absolute atomic E-state index is 12.2. The average molecular weight is 331 g/mol. The van der Waals surface area contributed by atoms with Crippen molar-refractivity contribution >= 4 is 22.4 Å². The lowest BCUT2D eigenvalue weighted by Crippen LogP contribution is -2.26. The number of nitrogens with one attached hydrogen (secondary N) is 2. The van der Waals surface area contributed by atoms with E-state index in [9.17, 15) is 4.79 Å². The maximum atomic E-state index is 12.2. The average Bonchev–Trinajstić information content (AvgIpc) is 3.04. The number of carbonyl (C=O) groups excluding carboxylic acids is 1. The minimum atomic E-state index is -0.0514. The van der Waals surface area contributed by atoms with Crippen molar-refractivity contribution in [2.75, 3.05) is 25.5 Å². The van der Waals surface area contributed by atoms with Gasteiger partial charge in [0.05, 0.1) is 13.5 Å². The largest absolute Gasteiger partial charge is 0.497 e. The van der Waals surface area contributed by atoms with Crippen LogP contribution in [-0.4, -0.2) is 31.1 Å². The second kappa shape index (κ2) is 7.57. The van der Waals surface area contributed by atoms with Gasteiger partial charge in [-0.1, -0.05) is 12.1 Å². The number of thiazole rings is 1. The van der Waals surface area contributed by atoms with E-state index in [0.29, 0.717) is 17.5 Å². The Morgan fingerprint density at radius 1 is 1.43 bits per heavy atom. The fraction of sp³-hybridized carbons (Fsp3) is 0.412. The molecule has 0 saturated carbocycles. The van der Waals surface area contributed by atoms with E-state index < -0.39 is 0 Å². The first-order chi connectivity index (χ1) is 11.2. The molecule has 2 N–H and O–H groups in total. The minimum absolute atomic E-state index is 0.0514. The number of piperidine rings is 1. The molecule has 0 aliphatic carbocycles. The number of rotatable bonds is 5. The smallest absolute Gasteiger partial charge is 0.230 e. The molecule has 1 amide bonds. The van der Waals surface area contributed by atoms with Crippen LogP contribution in [-0.2, 0) is 11.2 Å². The summed E-state index contributed by atoms with van der Waals surface area (Å²) >= 11 is 1.59. The number of aromatic nitrogens is 1. The molecule has 1 saturated heterocycles. The van der Waals surface area contributed by atoms with E-state index in [-0.39, 0.29) is 5.91 Å². The third-order valence-corrected chi connectivity index (χ3v) is 5.09. The number of nitrogens with zero attached hydrogens (tertiary/aromatic N) is 1. The molecule has 1 aliphatic heterocycles. The van der Waals surface area contributed by atoms with Gasteiger partial charge in [-0.3, -0.25) is 4.79 Å². The van der Waals surface area contributed by atoms with E-state index in [1.165, 1.54) is 4.88 Å². The molecule has 1 aromatic heterocycles. The predicted molar refractivity (Wildman–Crippen MR) is 92.3 cm³/mol. The quantitative estimate of drug-likeness (QED) is 0.884. The van der Waals surface area contributed by atoms with Crippen molar-refractivity contribution in [1.29, 1.82) is 0 Å². The van der Waals surface area contributed by atoms with Crippen molar-refractivity contribution in [2.45, 2.75) is 25.2 Å². The number of hydrogen-bond donors (Lipinski definition) is 2. The van der Waals surface area contributed by atoms with Gasteiger partial charge in [0.2, 0.25) is 5.91 Å². The van der Waals surface area contributed by atoms with Crippen molar-refractivity contribution in [2.24, 2.45) is 0 Å². The second-order valence-corrected chi connectivity index (χ2v) is 6.73. The molecule has 0 radical (unpaired) electrons. The van der Waals surface area contributed by atoms with Gasteiger partial charge in [0.15, 0.2) is 5.13 Å². The zero-order valence-electron chi connectivity index (χ0n) is 13.2. The lowest BCUT2D eigenvalue weighted by atomic mass is 9.97. The van der Waals surface area contributed by atoms with Gasteiger partial charge in [-0.2, -0.15) is 0 Å². The molecule has 1 aliphatic rings. The first kappa shape index (κ1) is 16.0. The Morgan fingerprint density at radius 2 is 2.26 bits per heavy atom. The molecule has 0 atom stereocenters.